The number of nitrogens with zero attached hydrogens (tertiary/aromatic N) is 1. The second-order valence-corrected chi connectivity index (χ2v) is 4.74. The van der Waals surface area contributed by atoms with E-state index in [1.807, 2.05) is 7.05 Å². The minimum Gasteiger partial charge on any atom is -0.389 e. The molecular weight excluding hydrogens is 204 g/mol. The van der Waals surface area contributed by atoms with E-state index in [0.717, 1.165) is 13.1 Å². The number of piperidine rings is 1. The summed E-state index contributed by atoms with van der Waals surface area (Å²) in [7, 11) is 3.64. The van der Waals surface area contributed by atoms with Gasteiger partial charge >= 0.3 is 0 Å². The van der Waals surface area contributed by atoms with Gasteiger partial charge in [-0.05, 0) is 33.4 Å². The van der Waals surface area contributed by atoms with Gasteiger partial charge in [0, 0.05) is 25.7 Å². The van der Waals surface area contributed by atoms with Crippen molar-refractivity contribution in [3.63, 3.8) is 0 Å². The smallest absolute Gasteiger partial charge is 0.0900 e. The Morgan fingerprint density at radius 3 is 2.88 bits per heavy atom. The van der Waals surface area contributed by atoms with E-state index in [1.165, 1.54) is 19.3 Å². The molecule has 2 N–H and O–H groups in total. The molecule has 4 nitrogen and oxygen atoms in total. The zero-order valence-electron chi connectivity index (χ0n) is 10.8. The molecule has 1 aliphatic rings. The van der Waals surface area contributed by atoms with Crippen LogP contribution < -0.4 is 5.32 Å². The highest BCUT2D eigenvalue weighted by Gasteiger charge is 2.27. The fourth-order valence-electron chi connectivity index (χ4n) is 2.52. The third-order valence-corrected chi connectivity index (χ3v) is 3.50. The number of methoxy groups -OCH3 is 1. The molecule has 0 radical (unpaired) electrons. The molecule has 1 fully saturated rings. The molecule has 16 heavy (non-hydrogen) atoms. The molecule has 1 aliphatic heterocycles. The lowest BCUT2D eigenvalue weighted by Crippen LogP contribution is -2.52. The van der Waals surface area contributed by atoms with Crippen LogP contribution in [-0.2, 0) is 4.74 Å². The molecule has 0 spiro atoms. The number of aliphatic hydroxyl groups excluding tert-OH is 1. The van der Waals surface area contributed by atoms with Gasteiger partial charge in [0.1, 0.15) is 0 Å². The van der Waals surface area contributed by atoms with Crippen LogP contribution in [0.25, 0.3) is 0 Å². The summed E-state index contributed by atoms with van der Waals surface area (Å²) >= 11 is 0. The molecular formula is C12H26N2O2. The Balaban J connectivity index is 2.46. The molecule has 3 atom stereocenters. The zero-order chi connectivity index (χ0) is 12.0. The van der Waals surface area contributed by atoms with Crippen molar-refractivity contribution >= 4 is 0 Å². The maximum Gasteiger partial charge on any atom is 0.0900 e. The first-order chi connectivity index (χ1) is 7.69. The molecule has 0 aromatic rings. The van der Waals surface area contributed by atoms with Gasteiger partial charge < -0.3 is 15.2 Å². The van der Waals surface area contributed by atoms with Gasteiger partial charge in [-0.1, -0.05) is 6.42 Å². The highest BCUT2D eigenvalue weighted by molar-refractivity contribution is 4.85. The Bertz CT molecular complexity index is 190. The average molecular weight is 230 g/mol. The van der Waals surface area contributed by atoms with E-state index in [2.05, 4.69) is 17.1 Å². The lowest BCUT2D eigenvalue weighted by atomic mass is 9.96. The zero-order valence-corrected chi connectivity index (χ0v) is 10.8. The summed E-state index contributed by atoms with van der Waals surface area (Å²) < 4.78 is 4.97. The minimum absolute atomic E-state index is 0.366. The number of hydrogen-bond donors (Lipinski definition) is 2. The Hall–Kier alpha value is -0.160. The number of ether oxygens (including phenoxy) is 1. The van der Waals surface area contributed by atoms with Gasteiger partial charge in [-0.2, -0.15) is 0 Å². The van der Waals surface area contributed by atoms with Crippen LogP contribution in [0.3, 0.4) is 0 Å². The van der Waals surface area contributed by atoms with Gasteiger partial charge in [-0.25, -0.2) is 0 Å². The highest BCUT2D eigenvalue weighted by atomic mass is 16.5. The monoisotopic (exact) mass is 230 g/mol. The Morgan fingerprint density at radius 2 is 2.25 bits per heavy atom. The molecule has 1 heterocycles. The number of rotatable bonds is 6. The summed E-state index contributed by atoms with van der Waals surface area (Å²) in [5.74, 6) is 0. The fourth-order valence-corrected chi connectivity index (χ4v) is 2.52. The number of hydrogen-bond acceptors (Lipinski definition) is 4. The van der Waals surface area contributed by atoms with Crippen molar-refractivity contribution in [3.05, 3.63) is 0 Å². The minimum atomic E-state index is -0.366. The van der Waals surface area contributed by atoms with Crippen molar-refractivity contribution in [1.82, 2.24) is 10.2 Å². The summed E-state index contributed by atoms with van der Waals surface area (Å²) in [4.78, 5) is 2.40. The van der Waals surface area contributed by atoms with E-state index >= 15 is 0 Å². The molecule has 1 rings (SSSR count). The number of likely N-dealkylation sites (N-methyl/N-ethyl adjacent to an activating group) is 1. The van der Waals surface area contributed by atoms with E-state index in [-0.39, 0.29) is 6.10 Å². The van der Waals surface area contributed by atoms with Gasteiger partial charge in [-0.3, -0.25) is 4.90 Å². The molecule has 0 aliphatic carbocycles. The third kappa shape index (κ3) is 4.01. The van der Waals surface area contributed by atoms with E-state index in [4.69, 9.17) is 4.74 Å². The van der Waals surface area contributed by atoms with Crippen LogP contribution in [0.5, 0.6) is 0 Å². The van der Waals surface area contributed by atoms with Crippen LogP contribution >= 0.6 is 0 Å². The summed E-state index contributed by atoms with van der Waals surface area (Å²) in [5, 5.41) is 13.1. The van der Waals surface area contributed by atoms with Gasteiger partial charge in [0.25, 0.3) is 0 Å². The number of β-amino-alcohol motifs (C(OH)–C–C–N with tert-alkyl or cyclic N) is 1. The van der Waals surface area contributed by atoms with Crippen molar-refractivity contribution < 1.29 is 9.84 Å². The topological polar surface area (TPSA) is 44.7 Å². The van der Waals surface area contributed by atoms with Crippen LogP contribution in [0.15, 0.2) is 0 Å². The molecule has 0 aromatic carbocycles. The van der Waals surface area contributed by atoms with Crippen molar-refractivity contribution in [2.24, 2.45) is 0 Å². The van der Waals surface area contributed by atoms with Crippen LogP contribution in [-0.4, -0.2) is 62.0 Å². The molecule has 0 saturated carbocycles. The summed E-state index contributed by atoms with van der Waals surface area (Å²) in [6.07, 6.45) is 3.40. The maximum absolute atomic E-state index is 9.79. The molecule has 0 bridgehead atoms. The fraction of sp³-hybridized carbons (Fsp3) is 1.00. The van der Waals surface area contributed by atoms with E-state index in [1.54, 1.807) is 7.11 Å². The normalized spacial score (nSPS) is 26.6. The largest absolute Gasteiger partial charge is 0.389 e. The molecule has 0 aromatic heterocycles. The quantitative estimate of drug-likeness (QED) is 0.696. The van der Waals surface area contributed by atoms with Crippen LogP contribution in [0.4, 0.5) is 0 Å². The van der Waals surface area contributed by atoms with Gasteiger partial charge in [0.2, 0.25) is 0 Å². The third-order valence-electron chi connectivity index (χ3n) is 3.50. The van der Waals surface area contributed by atoms with Crippen LogP contribution in [0.2, 0.25) is 0 Å². The number of aliphatic hydroxyl groups is 1. The van der Waals surface area contributed by atoms with Crippen molar-refractivity contribution in [2.45, 2.75) is 44.4 Å². The maximum atomic E-state index is 9.79. The molecule has 0 amide bonds. The molecule has 96 valence electrons. The Labute approximate surface area is 99.0 Å². The first-order valence-electron chi connectivity index (χ1n) is 6.27. The standard InChI is InChI=1S/C12H26N2O2/c1-10(13-2)12-6-4-5-7-14(12)8-11(15)9-16-3/h10-13,15H,4-9H2,1-3H3. The first-order valence-corrected chi connectivity index (χ1v) is 6.27. The lowest BCUT2D eigenvalue weighted by molar-refractivity contribution is 0.0127. The second kappa shape index (κ2) is 7.22. The van der Waals surface area contributed by atoms with E-state index < -0.39 is 0 Å². The summed E-state index contributed by atoms with van der Waals surface area (Å²) in [5.41, 5.74) is 0. The molecule has 1 saturated heterocycles. The van der Waals surface area contributed by atoms with Crippen LogP contribution in [0, 0.1) is 0 Å². The van der Waals surface area contributed by atoms with Crippen molar-refractivity contribution in [3.8, 4) is 0 Å². The van der Waals surface area contributed by atoms with E-state index in [0.29, 0.717) is 18.7 Å². The predicted octanol–water partition coefficient (Wildman–Crippen LogP) is 0.456. The van der Waals surface area contributed by atoms with Crippen molar-refractivity contribution in [1.29, 1.82) is 0 Å². The summed E-state index contributed by atoms with van der Waals surface area (Å²) in [6, 6.07) is 1.03. The summed E-state index contributed by atoms with van der Waals surface area (Å²) in [6.45, 7) is 4.46. The Morgan fingerprint density at radius 1 is 1.50 bits per heavy atom. The van der Waals surface area contributed by atoms with E-state index in [9.17, 15) is 5.11 Å². The molecule has 4 heteroatoms. The SMILES string of the molecule is CNC(C)C1CCCCN1CC(O)COC. The van der Waals surface area contributed by atoms with Gasteiger partial charge in [0.15, 0.2) is 0 Å². The predicted molar refractivity (Wildman–Crippen MR) is 65.6 cm³/mol. The van der Waals surface area contributed by atoms with Gasteiger partial charge in [0.05, 0.1) is 12.7 Å². The van der Waals surface area contributed by atoms with Crippen molar-refractivity contribution in [2.75, 3.05) is 33.9 Å². The molecule has 3 unspecified atom stereocenters. The second-order valence-electron chi connectivity index (χ2n) is 4.74. The highest BCUT2D eigenvalue weighted by Crippen LogP contribution is 2.19. The Kier molecular flexibility index (Phi) is 6.28. The number of likely N-dealkylation sites (tertiary alicyclic amines) is 1. The van der Waals surface area contributed by atoms with Gasteiger partial charge in [-0.15, -0.1) is 0 Å². The first kappa shape index (κ1) is 13.9. The lowest BCUT2D eigenvalue weighted by Gasteiger charge is -2.40. The van der Waals surface area contributed by atoms with Crippen LogP contribution in [0.1, 0.15) is 26.2 Å². The number of nitrogens with one attached hydrogen (secondary N) is 1. The average Bonchev–Trinajstić information content (AvgIpc) is 2.29.